The molecule has 0 saturated heterocycles. The normalized spacial score (nSPS) is 14.1. The van der Waals surface area contributed by atoms with Gasteiger partial charge in [-0.25, -0.2) is 19.2 Å². The van der Waals surface area contributed by atoms with Gasteiger partial charge in [0.2, 0.25) is 0 Å². The van der Waals surface area contributed by atoms with Gasteiger partial charge >= 0.3 is 24.4 Å². The first-order chi connectivity index (χ1) is 45.1. The predicted molar refractivity (Wildman–Crippen MR) is 370 cm³/mol. The maximum absolute atomic E-state index is 14.6. The molecule has 8 N–H and O–H groups in total. The number of hydrogen-bond donors (Lipinski definition) is 8. The summed E-state index contributed by atoms with van der Waals surface area (Å²) in [5.74, 6) is -0.852. The Morgan fingerprint density at radius 2 is 0.573 bits per heavy atom. The number of likely N-dealkylation sites (N-methyl/N-ethyl adjacent to an activating group) is 2. The zero-order valence-corrected chi connectivity index (χ0v) is 60.7. The summed E-state index contributed by atoms with van der Waals surface area (Å²) in [6, 6.07) is 5.57. The van der Waals surface area contributed by atoms with E-state index in [0.717, 1.165) is 0 Å². The average Bonchev–Trinajstić information content (AvgIpc) is 0.810. The summed E-state index contributed by atoms with van der Waals surface area (Å²) in [6.45, 7) is 25.9. The first-order valence-electron chi connectivity index (χ1n) is 34.3. The van der Waals surface area contributed by atoms with Crippen LogP contribution in [0.2, 0.25) is 0 Å². The number of ether oxygens (including phenoxy) is 8. The van der Waals surface area contributed by atoms with E-state index >= 15 is 0 Å². The first-order valence-corrected chi connectivity index (χ1v) is 34.3. The van der Waals surface area contributed by atoms with Crippen LogP contribution in [0.25, 0.3) is 0 Å². The van der Waals surface area contributed by atoms with Crippen LogP contribution in [-0.4, -0.2) is 199 Å². The number of rotatable bonds is 40. The maximum atomic E-state index is 14.6. The van der Waals surface area contributed by atoms with Crippen molar-refractivity contribution in [2.45, 2.75) is 220 Å². The summed E-state index contributed by atoms with van der Waals surface area (Å²) in [5.41, 5.74) is -1.88. The molecule has 0 radical (unpaired) electrons. The summed E-state index contributed by atoms with van der Waals surface area (Å²) in [7, 11) is 7.59. The minimum Gasteiger partial charge on any atom is -0.493 e. The molecular weight excluding hydrogens is 1240 g/mol. The van der Waals surface area contributed by atoms with Crippen molar-refractivity contribution >= 4 is 48.0 Å². The fourth-order valence-corrected chi connectivity index (χ4v) is 9.56. The van der Waals surface area contributed by atoms with Crippen LogP contribution in [0.3, 0.4) is 0 Å². The molecule has 0 bridgehead atoms. The Kier molecular flexibility index (Phi) is 36.4. The van der Waals surface area contributed by atoms with Gasteiger partial charge in [-0.3, -0.25) is 19.2 Å². The third-order valence-electron chi connectivity index (χ3n) is 14.2. The fraction of sp³-hybridized carbons (Fsp3) is 0.714. The van der Waals surface area contributed by atoms with E-state index in [1.807, 2.05) is 38.0 Å². The van der Waals surface area contributed by atoms with Crippen LogP contribution in [0.5, 0.6) is 23.0 Å². The molecule has 1 saturated carbocycles. The van der Waals surface area contributed by atoms with E-state index in [1.54, 1.807) is 95.2 Å². The lowest BCUT2D eigenvalue weighted by Crippen LogP contribution is -2.44. The van der Waals surface area contributed by atoms with Crippen molar-refractivity contribution in [1.82, 2.24) is 52.3 Å². The predicted octanol–water partition coefficient (Wildman–Crippen LogP) is 10.0. The molecule has 0 atom stereocenters. The molecule has 0 aromatic heterocycles. The quantitative estimate of drug-likeness (QED) is 0.0227. The van der Waals surface area contributed by atoms with E-state index in [0.29, 0.717) is 155 Å². The topological polar surface area (TPSA) is 313 Å². The third-order valence-corrected chi connectivity index (χ3v) is 14.2. The van der Waals surface area contributed by atoms with Gasteiger partial charge in [0, 0.05) is 76.6 Å². The van der Waals surface area contributed by atoms with Gasteiger partial charge in [-0.2, -0.15) is 0 Å². The van der Waals surface area contributed by atoms with E-state index < -0.39 is 70.4 Å². The number of carbonyl (C=O) groups is 8. The second-order valence-electron chi connectivity index (χ2n) is 28.7. The van der Waals surface area contributed by atoms with Crippen LogP contribution >= 0.6 is 0 Å². The van der Waals surface area contributed by atoms with Crippen molar-refractivity contribution in [3.05, 3.63) is 46.5 Å². The SMILES string of the molecule is CN(C)CCNC(=O)c1cc(C(=O)N[C@H]2CC[C@H](NC(=O)c3cc(C(=O)NCCN(C)C)c(OCCCCCNC(=O)OC(C)(C)C)cc3OCCCCCNC(=O)OC(C)(C)C)CC2)c(OCCCCCNC(=O)OC(C)(C)C)cc1OCCCCCNC(=O)OC(C)(C)C. The van der Waals surface area contributed by atoms with Gasteiger partial charge in [-0.15, -0.1) is 0 Å². The molecule has 544 valence electrons. The average molecular weight is 1360 g/mol. The molecule has 0 spiro atoms. The summed E-state index contributed by atoms with van der Waals surface area (Å²) in [6.07, 6.45) is 7.78. The third kappa shape index (κ3) is 37.1. The minimum atomic E-state index is -0.624. The molecule has 0 unspecified atom stereocenters. The Hall–Kier alpha value is -7.48. The van der Waals surface area contributed by atoms with Crippen LogP contribution in [0, 0.1) is 0 Å². The van der Waals surface area contributed by atoms with Crippen LogP contribution in [0.15, 0.2) is 24.3 Å². The molecule has 2 aromatic carbocycles. The molecule has 1 aliphatic carbocycles. The largest absolute Gasteiger partial charge is 0.493 e. The highest BCUT2D eigenvalue weighted by molar-refractivity contribution is 6.04. The standard InChI is InChI=1S/C70H118N10O16/c1-67(2,3)93-63(85)73-33-21-17-25-41-89-55-47-57(91-43-27-19-23-35-75-65(87)95-69(7,8)9)53(45-51(55)59(81)71-37-39-79(13)14)61(83)77-49-29-31-50(32-30-49)78-62(84)54-46-52(60(82)72-38-40-80(15)16)56(90-42-26-18-22-34-74-64(86)94-68(4,5)6)48-58(54)92-44-28-20-24-36-76-66(88)96-70(10,11)12/h45-50H,17-44H2,1-16H3,(H,71,81)(H,72,82)(H,73,85)(H,74,86)(H,75,87)(H,76,88)(H,77,83)(H,78,84)/t49-,50-. The lowest BCUT2D eigenvalue weighted by atomic mass is 9.90. The van der Waals surface area contributed by atoms with E-state index in [-0.39, 0.29) is 83.8 Å². The molecule has 96 heavy (non-hydrogen) atoms. The highest BCUT2D eigenvalue weighted by Crippen LogP contribution is 2.33. The Bertz CT molecular complexity index is 2560. The smallest absolute Gasteiger partial charge is 0.407 e. The van der Waals surface area contributed by atoms with Gasteiger partial charge in [0.05, 0.1) is 48.7 Å². The van der Waals surface area contributed by atoms with Crippen molar-refractivity contribution in [1.29, 1.82) is 0 Å². The number of nitrogens with one attached hydrogen (secondary N) is 8. The van der Waals surface area contributed by atoms with E-state index in [9.17, 15) is 38.4 Å². The number of nitrogens with zero attached hydrogens (tertiary/aromatic N) is 2. The van der Waals surface area contributed by atoms with Crippen molar-refractivity contribution in [3.63, 3.8) is 0 Å². The highest BCUT2D eigenvalue weighted by atomic mass is 16.6. The Morgan fingerprint density at radius 3 is 0.802 bits per heavy atom. The molecule has 0 aliphatic heterocycles. The second-order valence-corrected chi connectivity index (χ2v) is 28.7. The molecule has 26 nitrogen and oxygen atoms in total. The van der Waals surface area contributed by atoms with E-state index in [1.165, 1.54) is 12.1 Å². The van der Waals surface area contributed by atoms with Crippen molar-refractivity contribution in [2.24, 2.45) is 0 Å². The van der Waals surface area contributed by atoms with Crippen LogP contribution in [-0.2, 0) is 18.9 Å². The lowest BCUT2D eigenvalue weighted by molar-refractivity contribution is 0.0515. The molecule has 1 fully saturated rings. The number of unbranched alkanes of at least 4 members (excludes halogenated alkanes) is 8. The summed E-state index contributed by atoms with van der Waals surface area (Å²) in [4.78, 5) is 110. The van der Waals surface area contributed by atoms with Crippen LogP contribution < -0.4 is 61.5 Å². The number of amides is 8. The highest BCUT2D eigenvalue weighted by Gasteiger charge is 2.30. The zero-order chi connectivity index (χ0) is 71.5. The van der Waals surface area contributed by atoms with E-state index in [2.05, 4.69) is 42.5 Å². The summed E-state index contributed by atoms with van der Waals surface area (Å²) in [5, 5.41) is 23.4. The Labute approximate surface area is 571 Å². The van der Waals surface area contributed by atoms with Crippen molar-refractivity contribution in [2.75, 3.05) is 107 Å². The van der Waals surface area contributed by atoms with Crippen LogP contribution in [0.4, 0.5) is 19.2 Å². The second kappa shape index (κ2) is 42.3. The molecule has 3 rings (SSSR count). The van der Waals surface area contributed by atoms with Gasteiger partial charge < -0.3 is 90.2 Å². The lowest BCUT2D eigenvalue weighted by Gasteiger charge is -2.30. The number of alkyl carbamates (subject to hydrolysis) is 4. The number of carbonyl (C=O) groups excluding carboxylic acids is 8. The van der Waals surface area contributed by atoms with Gasteiger partial charge in [0.15, 0.2) is 0 Å². The monoisotopic (exact) mass is 1350 g/mol. The minimum absolute atomic E-state index is 0.141. The molecule has 2 aromatic rings. The Morgan fingerprint density at radius 1 is 0.333 bits per heavy atom. The van der Waals surface area contributed by atoms with E-state index in [4.69, 9.17) is 37.9 Å². The summed E-state index contributed by atoms with van der Waals surface area (Å²) >= 11 is 0. The van der Waals surface area contributed by atoms with Gasteiger partial charge in [-0.05, 0) is 226 Å². The van der Waals surface area contributed by atoms with Gasteiger partial charge in [0.1, 0.15) is 45.4 Å². The van der Waals surface area contributed by atoms with Crippen molar-refractivity contribution < 1.29 is 76.3 Å². The molecule has 1 aliphatic rings. The number of hydrogen-bond acceptors (Lipinski definition) is 18. The molecule has 0 heterocycles. The molecular formula is C70H118N10O16. The van der Waals surface area contributed by atoms with Crippen LogP contribution in [0.1, 0.15) is 227 Å². The zero-order valence-electron chi connectivity index (χ0n) is 60.7. The number of benzene rings is 2. The molecule has 26 heteroatoms. The van der Waals surface area contributed by atoms with Crippen molar-refractivity contribution in [3.8, 4) is 23.0 Å². The Balaban J connectivity index is 1.88. The van der Waals surface area contributed by atoms with Gasteiger partial charge in [0.25, 0.3) is 23.6 Å². The van der Waals surface area contributed by atoms with Gasteiger partial charge in [-0.1, -0.05) is 0 Å². The molecule has 8 amide bonds. The fourth-order valence-electron chi connectivity index (χ4n) is 9.56. The maximum Gasteiger partial charge on any atom is 0.407 e. The first kappa shape index (κ1) is 82.7. The summed E-state index contributed by atoms with van der Waals surface area (Å²) < 4.78 is 46.8.